The van der Waals surface area contributed by atoms with Gasteiger partial charge < -0.3 is 15.6 Å². The quantitative estimate of drug-likeness (QED) is 0.753. The molecule has 96 valence electrons. The van der Waals surface area contributed by atoms with E-state index in [0.717, 1.165) is 18.5 Å². The Bertz CT molecular complexity index is 346. The molecule has 0 fully saturated rings. The minimum Gasteiger partial charge on any atom is -0.353 e. The SMILES string of the molecule is CC(CCN)CCC(=O)NCc1cccn1C. The average molecular weight is 237 g/mol. The number of nitrogens with zero attached hydrogens (tertiary/aromatic N) is 1. The van der Waals surface area contributed by atoms with Gasteiger partial charge >= 0.3 is 0 Å². The lowest BCUT2D eigenvalue weighted by Gasteiger charge is -2.10. The van der Waals surface area contributed by atoms with E-state index in [9.17, 15) is 4.79 Å². The van der Waals surface area contributed by atoms with Gasteiger partial charge in [-0.2, -0.15) is 0 Å². The summed E-state index contributed by atoms with van der Waals surface area (Å²) in [6, 6.07) is 3.99. The minimum atomic E-state index is 0.120. The Morgan fingerprint density at radius 1 is 1.53 bits per heavy atom. The van der Waals surface area contributed by atoms with Gasteiger partial charge in [-0.3, -0.25) is 4.79 Å². The van der Waals surface area contributed by atoms with Crippen molar-refractivity contribution in [2.75, 3.05) is 6.54 Å². The molecule has 1 aromatic heterocycles. The van der Waals surface area contributed by atoms with Crippen LogP contribution in [-0.2, 0) is 18.4 Å². The normalized spacial score (nSPS) is 12.4. The maximum absolute atomic E-state index is 11.6. The van der Waals surface area contributed by atoms with Crippen LogP contribution in [-0.4, -0.2) is 17.0 Å². The molecule has 0 saturated carbocycles. The van der Waals surface area contributed by atoms with Crippen molar-refractivity contribution in [2.24, 2.45) is 18.7 Å². The topological polar surface area (TPSA) is 60.1 Å². The Labute approximate surface area is 103 Å². The molecule has 1 heterocycles. The summed E-state index contributed by atoms with van der Waals surface area (Å²) >= 11 is 0. The number of carbonyl (C=O) groups is 1. The summed E-state index contributed by atoms with van der Waals surface area (Å²) < 4.78 is 2.01. The van der Waals surface area contributed by atoms with E-state index in [-0.39, 0.29) is 5.91 Å². The van der Waals surface area contributed by atoms with E-state index in [2.05, 4.69) is 12.2 Å². The van der Waals surface area contributed by atoms with Crippen LogP contribution < -0.4 is 11.1 Å². The van der Waals surface area contributed by atoms with Crippen LogP contribution in [0.2, 0.25) is 0 Å². The minimum absolute atomic E-state index is 0.120. The molecule has 0 aliphatic rings. The molecule has 1 amide bonds. The summed E-state index contributed by atoms with van der Waals surface area (Å²) in [6.45, 7) is 3.44. The van der Waals surface area contributed by atoms with Crippen molar-refractivity contribution in [1.82, 2.24) is 9.88 Å². The van der Waals surface area contributed by atoms with Crippen molar-refractivity contribution in [1.29, 1.82) is 0 Å². The zero-order valence-electron chi connectivity index (χ0n) is 10.8. The second-order valence-electron chi connectivity index (χ2n) is 4.61. The molecule has 3 N–H and O–H groups in total. The number of aryl methyl sites for hydroxylation is 1. The summed E-state index contributed by atoms with van der Waals surface area (Å²) in [4.78, 5) is 11.6. The van der Waals surface area contributed by atoms with Gasteiger partial charge in [0.1, 0.15) is 0 Å². The third kappa shape index (κ3) is 5.04. The fourth-order valence-corrected chi connectivity index (χ4v) is 1.76. The molecule has 1 rings (SSSR count). The molecule has 0 aliphatic heterocycles. The molecule has 0 aromatic carbocycles. The van der Waals surface area contributed by atoms with Crippen LogP contribution in [0.1, 0.15) is 31.9 Å². The summed E-state index contributed by atoms with van der Waals surface area (Å²) in [5, 5.41) is 2.93. The van der Waals surface area contributed by atoms with Gasteiger partial charge in [0.05, 0.1) is 6.54 Å². The highest BCUT2D eigenvalue weighted by molar-refractivity contribution is 5.75. The van der Waals surface area contributed by atoms with Crippen molar-refractivity contribution in [2.45, 2.75) is 32.7 Å². The molecule has 17 heavy (non-hydrogen) atoms. The van der Waals surface area contributed by atoms with Gasteiger partial charge in [0.15, 0.2) is 0 Å². The van der Waals surface area contributed by atoms with E-state index in [1.807, 2.05) is 29.9 Å². The Morgan fingerprint density at radius 3 is 2.88 bits per heavy atom. The molecule has 0 aliphatic carbocycles. The van der Waals surface area contributed by atoms with E-state index in [1.54, 1.807) is 0 Å². The monoisotopic (exact) mass is 237 g/mol. The van der Waals surface area contributed by atoms with Gasteiger partial charge in [0.25, 0.3) is 0 Å². The third-order valence-corrected chi connectivity index (χ3v) is 3.04. The lowest BCUT2D eigenvalue weighted by Crippen LogP contribution is -2.24. The van der Waals surface area contributed by atoms with E-state index < -0.39 is 0 Å². The molecule has 0 radical (unpaired) electrons. The highest BCUT2D eigenvalue weighted by Gasteiger charge is 2.06. The lowest BCUT2D eigenvalue weighted by molar-refractivity contribution is -0.121. The predicted molar refractivity (Wildman–Crippen MR) is 69.3 cm³/mol. The number of nitrogens with two attached hydrogens (primary N) is 1. The maximum Gasteiger partial charge on any atom is 0.220 e. The van der Waals surface area contributed by atoms with E-state index >= 15 is 0 Å². The number of hydrogen-bond acceptors (Lipinski definition) is 2. The first kappa shape index (κ1) is 13.8. The number of aromatic nitrogens is 1. The molecule has 0 saturated heterocycles. The summed E-state index contributed by atoms with van der Waals surface area (Å²) in [5.74, 6) is 0.649. The first-order valence-electron chi connectivity index (χ1n) is 6.20. The van der Waals surface area contributed by atoms with E-state index in [1.165, 1.54) is 0 Å². The number of carbonyl (C=O) groups excluding carboxylic acids is 1. The average Bonchev–Trinajstić information content (AvgIpc) is 2.70. The van der Waals surface area contributed by atoms with Crippen molar-refractivity contribution in [3.63, 3.8) is 0 Å². The Kier molecular flexibility index (Phi) is 5.77. The smallest absolute Gasteiger partial charge is 0.220 e. The van der Waals surface area contributed by atoms with E-state index in [0.29, 0.717) is 25.4 Å². The molecule has 4 nitrogen and oxygen atoms in total. The molecule has 1 unspecified atom stereocenters. The first-order valence-corrected chi connectivity index (χ1v) is 6.20. The van der Waals surface area contributed by atoms with Gasteiger partial charge in [0.2, 0.25) is 5.91 Å². The van der Waals surface area contributed by atoms with Gasteiger partial charge in [0, 0.05) is 25.4 Å². The van der Waals surface area contributed by atoms with Crippen LogP contribution in [0.3, 0.4) is 0 Å². The zero-order valence-corrected chi connectivity index (χ0v) is 10.8. The van der Waals surface area contributed by atoms with Crippen molar-refractivity contribution >= 4 is 5.91 Å². The molecule has 4 heteroatoms. The lowest BCUT2D eigenvalue weighted by atomic mass is 10.0. The van der Waals surface area contributed by atoms with Crippen LogP contribution >= 0.6 is 0 Å². The number of hydrogen-bond donors (Lipinski definition) is 2. The van der Waals surface area contributed by atoms with Gasteiger partial charge in [-0.05, 0) is 37.4 Å². The zero-order chi connectivity index (χ0) is 12.7. The molecule has 0 bridgehead atoms. The number of rotatable bonds is 7. The second-order valence-corrected chi connectivity index (χ2v) is 4.61. The van der Waals surface area contributed by atoms with Crippen LogP contribution in [0.4, 0.5) is 0 Å². The first-order chi connectivity index (χ1) is 8.13. The van der Waals surface area contributed by atoms with Crippen molar-refractivity contribution < 1.29 is 4.79 Å². The standard InChI is InChI=1S/C13H23N3O/c1-11(7-8-14)5-6-13(17)15-10-12-4-3-9-16(12)2/h3-4,9,11H,5-8,10,14H2,1-2H3,(H,15,17). The Balaban J connectivity index is 2.20. The van der Waals surface area contributed by atoms with Crippen LogP contribution in [0, 0.1) is 5.92 Å². The van der Waals surface area contributed by atoms with Crippen molar-refractivity contribution in [3.05, 3.63) is 24.0 Å². The molecule has 1 aromatic rings. The third-order valence-electron chi connectivity index (χ3n) is 3.04. The molecule has 0 spiro atoms. The van der Waals surface area contributed by atoms with Crippen LogP contribution in [0.25, 0.3) is 0 Å². The number of nitrogens with one attached hydrogen (secondary N) is 1. The fraction of sp³-hybridized carbons (Fsp3) is 0.615. The van der Waals surface area contributed by atoms with Crippen molar-refractivity contribution in [3.8, 4) is 0 Å². The van der Waals surface area contributed by atoms with Gasteiger partial charge in [-0.1, -0.05) is 6.92 Å². The largest absolute Gasteiger partial charge is 0.353 e. The number of amides is 1. The summed E-state index contributed by atoms with van der Waals surface area (Å²) in [7, 11) is 1.98. The summed E-state index contributed by atoms with van der Waals surface area (Å²) in [5.41, 5.74) is 6.59. The molecular formula is C13H23N3O. The van der Waals surface area contributed by atoms with Crippen LogP contribution in [0.15, 0.2) is 18.3 Å². The summed E-state index contributed by atoms with van der Waals surface area (Å²) in [6.07, 6.45) is 4.47. The fourth-order valence-electron chi connectivity index (χ4n) is 1.76. The highest BCUT2D eigenvalue weighted by atomic mass is 16.1. The van der Waals surface area contributed by atoms with Crippen LogP contribution in [0.5, 0.6) is 0 Å². The van der Waals surface area contributed by atoms with Gasteiger partial charge in [-0.15, -0.1) is 0 Å². The second kappa shape index (κ2) is 7.12. The molecular weight excluding hydrogens is 214 g/mol. The molecule has 1 atom stereocenters. The maximum atomic E-state index is 11.6. The predicted octanol–water partition coefficient (Wildman–Crippen LogP) is 1.41. The highest BCUT2D eigenvalue weighted by Crippen LogP contribution is 2.08. The van der Waals surface area contributed by atoms with E-state index in [4.69, 9.17) is 5.73 Å². The Hall–Kier alpha value is -1.29. The van der Waals surface area contributed by atoms with Gasteiger partial charge in [-0.25, -0.2) is 0 Å². The Morgan fingerprint density at radius 2 is 2.29 bits per heavy atom.